The van der Waals surface area contributed by atoms with E-state index >= 15 is 0 Å². The van der Waals surface area contributed by atoms with Crippen LogP contribution in [0.5, 0.6) is 0 Å². The number of amides is 1. The van der Waals surface area contributed by atoms with Gasteiger partial charge in [-0.15, -0.1) is 0 Å². The van der Waals surface area contributed by atoms with Crippen molar-refractivity contribution in [3.8, 4) is 0 Å². The summed E-state index contributed by atoms with van der Waals surface area (Å²) in [7, 11) is -3.71. The Balaban J connectivity index is 1.66. The molecule has 1 saturated heterocycles. The van der Waals surface area contributed by atoms with Crippen molar-refractivity contribution in [1.82, 2.24) is 9.62 Å². The van der Waals surface area contributed by atoms with Gasteiger partial charge in [-0.1, -0.05) is 29.8 Å². The number of piperidine rings is 1. The van der Waals surface area contributed by atoms with Gasteiger partial charge in [0.2, 0.25) is 15.9 Å². The molecule has 2 aromatic carbocycles. The molecule has 5 nitrogen and oxygen atoms in total. The van der Waals surface area contributed by atoms with Crippen molar-refractivity contribution in [2.45, 2.75) is 31.2 Å². The average Bonchev–Trinajstić information content (AvgIpc) is 2.69. The highest BCUT2D eigenvalue weighted by Crippen LogP contribution is 2.26. The van der Waals surface area contributed by atoms with Crippen molar-refractivity contribution in [3.05, 3.63) is 64.4 Å². The van der Waals surface area contributed by atoms with Crippen LogP contribution < -0.4 is 5.32 Å². The number of nitrogens with zero attached hydrogens (tertiary/aromatic N) is 1. The van der Waals surface area contributed by atoms with E-state index in [0.29, 0.717) is 24.4 Å². The molecule has 1 fully saturated rings. The van der Waals surface area contributed by atoms with E-state index < -0.39 is 15.9 Å². The minimum atomic E-state index is -3.71. The zero-order valence-corrected chi connectivity index (χ0v) is 17.1. The molecule has 8 heteroatoms. The standard InChI is InChI=1S/C20H22ClFN2O3S/c1-14-4-9-18(11-19(14)21)28(26,27)24-10-2-3-16(13-24)20(25)23-12-15-5-7-17(22)8-6-15/h4-9,11,16H,2-3,10,12-13H2,1H3,(H,23,25). The number of carbonyl (C=O) groups is 1. The molecule has 3 rings (SSSR count). The van der Waals surface area contributed by atoms with Crippen LogP contribution in [-0.2, 0) is 21.4 Å². The number of sulfonamides is 1. The van der Waals surface area contributed by atoms with E-state index in [0.717, 1.165) is 11.1 Å². The monoisotopic (exact) mass is 424 g/mol. The van der Waals surface area contributed by atoms with E-state index in [1.165, 1.54) is 28.6 Å². The molecular formula is C20H22ClFN2O3S. The lowest BCUT2D eigenvalue weighted by Crippen LogP contribution is -2.45. The quantitative estimate of drug-likeness (QED) is 0.798. The molecule has 0 spiro atoms. The summed E-state index contributed by atoms with van der Waals surface area (Å²) >= 11 is 6.08. The van der Waals surface area contributed by atoms with Crippen LogP contribution in [0.1, 0.15) is 24.0 Å². The summed E-state index contributed by atoms with van der Waals surface area (Å²) in [6.45, 7) is 2.58. The van der Waals surface area contributed by atoms with Gasteiger partial charge in [0.1, 0.15) is 5.82 Å². The summed E-state index contributed by atoms with van der Waals surface area (Å²) in [5.41, 5.74) is 1.58. The fourth-order valence-corrected chi connectivity index (χ4v) is 4.99. The Kier molecular flexibility index (Phi) is 6.37. The minimum Gasteiger partial charge on any atom is -0.352 e. The normalized spacial score (nSPS) is 18.0. The molecule has 1 N–H and O–H groups in total. The van der Waals surface area contributed by atoms with Gasteiger partial charge >= 0.3 is 0 Å². The maximum atomic E-state index is 13.0. The molecule has 0 aliphatic carbocycles. The number of aryl methyl sites for hydroxylation is 1. The van der Waals surface area contributed by atoms with E-state index in [4.69, 9.17) is 11.6 Å². The zero-order valence-electron chi connectivity index (χ0n) is 15.5. The molecule has 150 valence electrons. The summed E-state index contributed by atoms with van der Waals surface area (Å²) < 4.78 is 40.2. The van der Waals surface area contributed by atoms with Crippen molar-refractivity contribution < 1.29 is 17.6 Å². The van der Waals surface area contributed by atoms with Gasteiger partial charge in [0.15, 0.2) is 0 Å². The smallest absolute Gasteiger partial charge is 0.243 e. The third-order valence-corrected chi connectivity index (χ3v) is 7.18. The van der Waals surface area contributed by atoms with Gasteiger partial charge in [-0.25, -0.2) is 12.8 Å². The van der Waals surface area contributed by atoms with Crippen molar-refractivity contribution in [2.24, 2.45) is 5.92 Å². The highest BCUT2D eigenvalue weighted by atomic mass is 35.5. The van der Waals surface area contributed by atoms with Crippen LogP contribution in [0.25, 0.3) is 0 Å². The van der Waals surface area contributed by atoms with Gasteiger partial charge in [0, 0.05) is 24.7 Å². The number of nitrogens with one attached hydrogen (secondary N) is 1. The van der Waals surface area contributed by atoms with Gasteiger partial charge < -0.3 is 5.32 Å². The highest BCUT2D eigenvalue weighted by molar-refractivity contribution is 7.89. The van der Waals surface area contributed by atoms with Crippen molar-refractivity contribution in [3.63, 3.8) is 0 Å². The van der Waals surface area contributed by atoms with Crippen LogP contribution in [0.15, 0.2) is 47.4 Å². The predicted molar refractivity (Wildman–Crippen MR) is 106 cm³/mol. The third kappa shape index (κ3) is 4.71. The Morgan fingerprint density at radius 2 is 1.96 bits per heavy atom. The number of hydrogen-bond donors (Lipinski definition) is 1. The predicted octanol–water partition coefficient (Wildman–Crippen LogP) is 3.50. The zero-order chi connectivity index (χ0) is 20.3. The SMILES string of the molecule is Cc1ccc(S(=O)(=O)N2CCCC(C(=O)NCc3ccc(F)cc3)C2)cc1Cl. The molecule has 1 aliphatic rings. The lowest BCUT2D eigenvalue weighted by Gasteiger charge is -2.31. The lowest BCUT2D eigenvalue weighted by atomic mass is 9.99. The van der Waals surface area contributed by atoms with Crippen LogP contribution in [0, 0.1) is 18.7 Å². The summed E-state index contributed by atoms with van der Waals surface area (Å²) in [5, 5.41) is 3.21. The van der Waals surface area contributed by atoms with Crippen LogP contribution in [0.3, 0.4) is 0 Å². The number of rotatable bonds is 5. The van der Waals surface area contributed by atoms with E-state index in [1.807, 2.05) is 0 Å². The Morgan fingerprint density at radius 3 is 2.64 bits per heavy atom. The van der Waals surface area contributed by atoms with Gasteiger partial charge in [0.05, 0.1) is 10.8 Å². The molecule has 0 bridgehead atoms. The molecule has 1 amide bonds. The van der Waals surface area contributed by atoms with Crippen LogP contribution in [0.4, 0.5) is 4.39 Å². The second kappa shape index (κ2) is 8.59. The molecule has 28 heavy (non-hydrogen) atoms. The first-order chi connectivity index (χ1) is 13.3. The molecule has 0 radical (unpaired) electrons. The Hall–Kier alpha value is -1.96. The maximum absolute atomic E-state index is 13.0. The van der Waals surface area contributed by atoms with E-state index in [1.54, 1.807) is 25.1 Å². The summed E-state index contributed by atoms with van der Waals surface area (Å²) in [6, 6.07) is 10.5. The molecule has 2 aromatic rings. The number of hydrogen-bond acceptors (Lipinski definition) is 3. The average molecular weight is 425 g/mol. The largest absolute Gasteiger partial charge is 0.352 e. The second-order valence-corrected chi connectivity index (χ2v) is 9.30. The fourth-order valence-electron chi connectivity index (χ4n) is 3.19. The Morgan fingerprint density at radius 1 is 1.25 bits per heavy atom. The molecule has 1 aliphatic heterocycles. The number of halogens is 2. The molecule has 1 heterocycles. The third-order valence-electron chi connectivity index (χ3n) is 4.92. The van der Waals surface area contributed by atoms with E-state index in [2.05, 4.69) is 5.32 Å². The van der Waals surface area contributed by atoms with Crippen molar-refractivity contribution >= 4 is 27.5 Å². The van der Waals surface area contributed by atoms with Gasteiger partial charge in [-0.05, 0) is 55.2 Å². The first kappa shape index (κ1) is 20.8. The maximum Gasteiger partial charge on any atom is 0.243 e. The molecular weight excluding hydrogens is 403 g/mol. The van der Waals surface area contributed by atoms with Gasteiger partial charge in [0.25, 0.3) is 0 Å². The first-order valence-electron chi connectivity index (χ1n) is 9.06. The van der Waals surface area contributed by atoms with Crippen LogP contribution >= 0.6 is 11.6 Å². The number of benzene rings is 2. The number of carbonyl (C=O) groups excluding carboxylic acids is 1. The summed E-state index contributed by atoms with van der Waals surface area (Å²) in [6.07, 6.45) is 1.23. The fraction of sp³-hybridized carbons (Fsp3) is 0.350. The topological polar surface area (TPSA) is 66.5 Å². The summed E-state index contributed by atoms with van der Waals surface area (Å²) in [5.74, 6) is -0.963. The van der Waals surface area contributed by atoms with Crippen LogP contribution in [-0.4, -0.2) is 31.7 Å². The molecule has 0 aromatic heterocycles. The molecule has 1 unspecified atom stereocenters. The van der Waals surface area contributed by atoms with Crippen molar-refractivity contribution in [2.75, 3.05) is 13.1 Å². The van der Waals surface area contributed by atoms with Crippen molar-refractivity contribution in [1.29, 1.82) is 0 Å². The molecule has 0 saturated carbocycles. The van der Waals surface area contributed by atoms with Crippen LogP contribution in [0.2, 0.25) is 5.02 Å². The minimum absolute atomic E-state index is 0.128. The summed E-state index contributed by atoms with van der Waals surface area (Å²) in [4.78, 5) is 12.7. The second-order valence-electron chi connectivity index (χ2n) is 6.96. The van der Waals surface area contributed by atoms with E-state index in [9.17, 15) is 17.6 Å². The highest BCUT2D eigenvalue weighted by Gasteiger charge is 2.33. The molecule has 1 atom stereocenters. The first-order valence-corrected chi connectivity index (χ1v) is 10.9. The van der Waals surface area contributed by atoms with Gasteiger partial charge in [-0.2, -0.15) is 4.31 Å². The van der Waals surface area contributed by atoms with Gasteiger partial charge in [-0.3, -0.25) is 4.79 Å². The lowest BCUT2D eigenvalue weighted by molar-refractivity contribution is -0.126. The Bertz CT molecular complexity index is 964. The van der Waals surface area contributed by atoms with E-state index in [-0.39, 0.29) is 29.7 Å². The Labute approximate surface area is 169 Å².